The van der Waals surface area contributed by atoms with Crippen molar-refractivity contribution in [1.82, 2.24) is 5.43 Å². The Balaban J connectivity index is 1.47. The van der Waals surface area contributed by atoms with Crippen LogP contribution >= 0.6 is 15.9 Å². The van der Waals surface area contributed by atoms with E-state index in [4.69, 9.17) is 9.47 Å². The average Bonchev–Trinajstić information content (AvgIpc) is 2.81. The molecule has 0 fully saturated rings. The number of para-hydroxylation sites is 1. The first kappa shape index (κ1) is 23.0. The van der Waals surface area contributed by atoms with Gasteiger partial charge in [-0.3, -0.25) is 4.79 Å². The van der Waals surface area contributed by atoms with E-state index in [0.717, 1.165) is 15.6 Å². The van der Waals surface area contributed by atoms with Crippen LogP contribution in [0.3, 0.4) is 0 Å². The lowest BCUT2D eigenvalue weighted by molar-refractivity contribution is -0.129. The van der Waals surface area contributed by atoms with Crippen molar-refractivity contribution in [2.24, 2.45) is 5.10 Å². The maximum Gasteiger partial charge on any atom is 0.336 e. The number of nitrogens with one attached hydrogen (secondary N) is 1. The first-order chi connectivity index (χ1) is 15.5. The highest BCUT2D eigenvalue weighted by molar-refractivity contribution is 9.10. The summed E-state index contributed by atoms with van der Waals surface area (Å²) in [4.78, 5) is 24.1. The van der Waals surface area contributed by atoms with Crippen molar-refractivity contribution >= 4 is 40.1 Å². The highest BCUT2D eigenvalue weighted by Crippen LogP contribution is 2.24. The number of nitrogens with zero attached hydrogens (tertiary/aromatic N) is 1. The zero-order chi connectivity index (χ0) is 22.8. The quantitative estimate of drug-likeness (QED) is 0.158. The van der Waals surface area contributed by atoms with Gasteiger partial charge >= 0.3 is 5.97 Å². The molecular weight excluding hydrogens is 472 g/mol. The van der Waals surface area contributed by atoms with Gasteiger partial charge in [0.1, 0.15) is 11.5 Å². The molecule has 0 aliphatic heterocycles. The lowest BCUT2D eigenvalue weighted by atomic mass is 10.2. The first-order valence-corrected chi connectivity index (χ1v) is 10.6. The van der Waals surface area contributed by atoms with Crippen molar-refractivity contribution < 1.29 is 19.1 Å². The summed E-state index contributed by atoms with van der Waals surface area (Å²) in [7, 11) is 0. The Labute approximate surface area is 194 Å². The molecule has 3 aromatic rings. The summed E-state index contributed by atoms with van der Waals surface area (Å²) in [5.41, 5.74) is 4.08. The van der Waals surface area contributed by atoms with E-state index in [1.807, 2.05) is 48.5 Å². The van der Waals surface area contributed by atoms with Crippen LogP contribution in [0.4, 0.5) is 0 Å². The molecule has 1 unspecified atom stereocenters. The molecule has 0 aromatic heterocycles. The van der Waals surface area contributed by atoms with Gasteiger partial charge in [0.05, 0.1) is 10.7 Å². The summed E-state index contributed by atoms with van der Waals surface area (Å²) >= 11 is 3.38. The van der Waals surface area contributed by atoms with Gasteiger partial charge in [-0.1, -0.05) is 42.5 Å². The van der Waals surface area contributed by atoms with Crippen LogP contribution in [-0.4, -0.2) is 24.2 Å². The topological polar surface area (TPSA) is 77.0 Å². The molecule has 6 nitrogen and oxygen atoms in total. The van der Waals surface area contributed by atoms with Crippen molar-refractivity contribution in [3.8, 4) is 11.5 Å². The lowest BCUT2D eigenvalue weighted by Gasteiger charge is -2.13. The molecule has 0 spiro atoms. The van der Waals surface area contributed by atoms with Gasteiger partial charge in [-0.2, -0.15) is 5.10 Å². The maximum absolute atomic E-state index is 12.2. The van der Waals surface area contributed by atoms with Gasteiger partial charge in [0.15, 0.2) is 6.10 Å². The molecule has 7 heteroatoms. The number of esters is 1. The molecule has 0 bridgehead atoms. The second-order valence-electron chi connectivity index (χ2n) is 6.66. The van der Waals surface area contributed by atoms with Crippen LogP contribution in [0.1, 0.15) is 18.1 Å². The minimum absolute atomic E-state index is 0.382. The van der Waals surface area contributed by atoms with Crippen LogP contribution in [0.5, 0.6) is 11.5 Å². The third-order valence-electron chi connectivity index (χ3n) is 4.21. The number of hydrogen-bond acceptors (Lipinski definition) is 5. The van der Waals surface area contributed by atoms with Gasteiger partial charge in [-0.25, -0.2) is 10.2 Å². The van der Waals surface area contributed by atoms with E-state index in [1.54, 1.807) is 43.3 Å². The molecule has 162 valence electrons. The Morgan fingerprint density at radius 1 is 0.938 bits per heavy atom. The Bertz CT molecular complexity index is 1110. The number of hydrazone groups is 1. The number of rotatable bonds is 8. The Kier molecular flexibility index (Phi) is 8.34. The van der Waals surface area contributed by atoms with Crippen LogP contribution in [0.2, 0.25) is 0 Å². The number of carbonyl (C=O) groups excluding carboxylic acids is 2. The molecule has 3 rings (SSSR count). The summed E-state index contributed by atoms with van der Waals surface area (Å²) < 4.78 is 11.7. The zero-order valence-corrected chi connectivity index (χ0v) is 18.9. The fraction of sp³-hybridized carbons (Fsp3) is 0.0800. The summed E-state index contributed by atoms with van der Waals surface area (Å²) in [5.74, 6) is 0.126. The van der Waals surface area contributed by atoms with Crippen molar-refractivity contribution in [2.75, 3.05) is 0 Å². The second-order valence-corrected chi connectivity index (χ2v) is 7.51. The van der Waals surface area contributed by atoms with E-state index < -0.39 is 12.1 Å². The van der Waals surface area contributed by atoms with Crippen LogP contribution in [-0.2, 0) is 9.59 Å². The molecular formula is C25H21BrN2O4. The van der Waals surface area contributed by atoms with E-state index in [0.29, 0.717) is 11.5 Å². The molecule has 0 saturated heterocycles. The Morgan fingerprint density at radius 3 is 2.34 bits per heavy atom. The van der Waals surface area contributed by atoms with E-state index in [-0.39, 0.29) is 5.91 Å². The molecule has 0 saturated carbocycles. The third-order valence-corrected chi connectivity index (χ3v) is 4.86. The highest BCUT2D eigenvalue weighted by atomic mass is 79.9. The highest BCUT2D eigenvalue weighted by Gasteiger charge is 2.15. The normalized spacial score (nSPS) is 11.9. The number of benzene rings is 3. The molecule has 32 heavy (non-hydrogen) atoms. The monoisotopic (exact) mass is 492 g/mol. The molecule has 3 aromatic carbocycles. The first-order valence-electron chi connectivity index (χ1n) is 9.80. The van der Waals surface area contributed by atoms with Crippen molar-refractivity contribution in [2.45, 2.75) is 13.0 Å². The van der Waals surface area contributed by atoms with Crippen LogP contribution in [0.25, 0.3) is 6.08 Å². The van der Waals surface area contributed by atoms with Crippen LogP contribution in [0.15, 0.2) is 94.5 Å². The van der Waals surface area contributed by atoms with Crippen LogP contribution in [0, 0.1) is 0 Å². The van der Waals surface area contributed by atoms with Crippen LogP contribution < -0.4 is 14.9 Å². The summed E-state index contributed by atoms with van der Waals surface area (Å²) in [6.07, 6.45) is 3.82. The minimum Gasteiger partial charge on any atom is -0.480 e. The SMILES string of the molecule is CC(Oc1ccccc1Br)C(=O)NN=Cc1ccc(OC(=O)C=Cc2ccccc2)cc1. The lowest BCUT2D eigenvalue weighted by Crippen LogP contribution is -2.33. The molecule has 0 heterocycles. The smallest absolute Gasteiger partial charge is 0.336 e. The van der Waals surface area contributed by atoms with Gasteiger partial charge in [0.25, 0.3) is 5.91 Å². The Morgan fingerprint density at radius 2 is 1.62 bits per heavy atom. The zero-order valence-electron chi connectivity index (χ0n) is 17.3. The molecule has 1 amide bonds. The third kappa shape index (κ3) is 7.21. The number of carbonyl (C=O) groups is 2. The predicted molar refractivity (Wildman–Crippen MR) is 128 cm³/mol. The maximum atomic E-state index is 12.2. The van der Waals surface area contributed by atoms with E-state index in [1.165, 1.54) is 12.3 Å². The van der Waals surface area contributed by atoms with Gasteiger partial charge in [-0.15, -0.1) is 0 Å². The summed E-state index contributed by atoms with van der Waals surface area (Å²) in [5, 5.41) is 3.95. The average molecular weight is 493 g/mol. The minimum atomic E-state index is -0.725. The van der Waals surface area contributed by atoms with Crippen molar-refractivity contribution in [3.63, 3.8) is 0 Å². The second kappa shape index (κ2) is 11.6. The fourth-order valence-electron chi connectivity index (χ4n) is 2.55. The van der Waals surface area contributed by atoms with Gasteiger partial charge in [0.2, 0.25) is 0 Å². The fourth-order valence-corrected chi connectivity index (χ4v) is 2.92. The van der Waals surface area contributed by atoms with Gasteiger partial charge in [0, 0.05) is 6.08 Å². The van der Waals surface area contributed by atoms with E-state index in [9.17, 15) is 9.59 Å². The summed E-state index contributed by atoms with van der Waals surface area (Å²) in [6.45, 7) is 1.64. The summed E-state index contributed by atoms with van der Waals surface area (Å²) in [6, 6.07) is 23.5. The molecule has 0 aliphatic rings. The van der Waals surface area contributed by atoms with Gasteiger partial charge in [-0.05, 0) is 76.5 Å². The number of amides is 1. The van der Waals surface area contributed by atoms with E-state index in [2.05, 4.69) is 26.5 Å². The van der Waals surface area contributed by atoms with E-state index >= 15 is 0 Å². The van der Waals surface area contributed by atoms with Crippen molar-refractivity contribution in [3.05, 3.63) is 101 Å². The molecule has 1 atom stereocenters. The molecule has 0 radical (unpaired) electrons. The molecule has 0 aliphatic carbocycles. The molecule has 1 N–H and O–H groups in total. The predicted octanol–water partition coefficient (Wildman–Crippen LogP) is 4.99. The Hall–Kier alpha value is -3.71. The standard InChI is InChI=1S/C25H21BrN2O4/c1-18(31-23-10-6-5-9-22(23)26)25(30)28-27-17-20-11-14-21(15-12-20)32-24(29)16-13-19-7-3-2-4-8-19/h2-18H,1H3,(H,28,30). The van der Waals surface area contributed by atoms with Gasteiger partial charge < -0.3 is 9.47 Å². The van der Waals surface area contributed by atoms with Crippen molar-refractivity contribution in [1.29, 1.82) is 0 Å². The number of ether oxygens (including phenoxy) is 2. The number of hydrogen-bond donors (Lipinski definition) is 1. The number of halogens is 1. The largest absolute Gasteiger partial charge is 0.480 e.